The number of hydrogen-bond donors (Lipinski definition) is 2. The fourth-order valence-corrected chi connectivity index (χ4v) is 2.48. The summed E-state index contributed by atoms with van der Waals surface area (Å²) in [5, 5.41) is 3.17. The quantitative estimate of drug-likeness (QED) is 0.606. The summed E-state index contributed by atoms with van der Waals surface area (Å²) in [6.45, 7) is 10.2. The van der Waals surface area contributed by atoms with Crippen LogP contribution >= 0.6 is 0 Å². The lowest BCUT2D eigenvalue weighted by atomic mass is 10.1. The van der Waals surface area contributed by atoms with Crippen molar-refractivity contribution >= 4 is 10.2 Å². The van der Waals surface area contributed by atoms with E-state index in [9.17, 15) is 8.42 Å². The van der Waals surface area contributed by atoms with Crippen LogP contribution in [0, 0.1) is 5.92 Å². The van der Waals surface area contributed by atoms with Crippen LogP contribution in [0.25, 0.3) is 0 Å². The van der Waals surface area contributed by atoms with Gasteiger partial charge < -0.3 is 5.32 Å². The first-order valence-corrected chi connectivity index (χ1v) is 7.69. The van der Waals surface area contributed by atoms with Crippen LogP contribution in [0.3, 0.4) is 0 Å². The van der Waals surface area contributed by atoms with Gasteiger partial charge in [-0.1, -0.05) is 20.8 Å². The van der Waals surface area contributed by atoms with Crippen molar-refractivity contribution in [1.82, 2.24) is 14.3 Å². The van der Waals surface area contributed by atoms with Crippen molar-refractivity contribution in [3.63, 3.8) is 0 Å². The third-order valence-corrected chi connectivity index (χ3v) is 4.49. The first kappa shape index (κ1) is 16.8. The Morgan fingerprint density at radius 1 is 1.24 bits per heavy atom. The van der Waals surface area contributed by atoms with E-state index < -0.39 is 10.2 Å². The summed E-state index contributed by atoms with van der Waals surface area (Å²) in [6.07, 6.45) is 0.821. The van der Waals surface area contributed by atoms with Gasteiger partial charge in [-0.25, -0.2) is 0 Å². The van der Waals surface area contributed by atoms with Gasteiger partial charge in [0.15, 0.2) is 0 Å². The van der Waals surface area contributed by atoms with Gasteiger partial charge in [0.2, 0.25) is 0 Å². The van der Waals surface area contributed by atoms with Gasteiger partial charge in [0.25, 0.3) is 10.2 Å². The van der Waals surface area contributed by atoms with E-state index in [1.54, 1.807) is 7.05 Å². The van der Waals surface area contributed by atoms with Crippen molar-refractivity contribution < 1.29 is 8.42 Å². The van der Waals surface area contributed by atoms with E-state index in [1.807, 2.05) is 27.7 Å². The molecular formula is C11H27N3O2S. The fraction of sp³-hybridized carbons (Fsp3) is 1.00. The van der Waals surface area contributed by atoms with Crippen molar-refractivity contribution in [2.75, 3.05) is 26.7 Å². The monoisotopic (exact) mass is 265 g/mol. The van der Waals surface area contributed by atoms with Crippen LogP contribution in [0.1, 0.15) is 34.1 Å². The Labute approximate surface area is 106 Å². The van der Waals surface area contributed by atoms with Crippen LogP contribution in [0.2, 0.25) is 0 Å². The summed E-state index contributed by atoms with van der Waals surface area (Å²) in [7, 11) is -1.72. The van der Waals surface area contributed by atoms with Gasteiger partial charge in [0, 0.05) is 19.6 Å². The molecule has 0 saturated heterocycles. The predicted molar refractivity (Wildman–Crippen MR) is 72.1 cm³/mol. The number of hydrogen-bond acceptors (Lipinski definition) is 3. The lowest BCUT2D eigenvalue weighted by Crippen LogP contribution is -2.45. The molecule has 1 unspecified atom stereocenters. The van der Waals surface area contributed by atoms with Gasteiger partial charge >= 0.3 is 0 Å². The molecule has 0 aliphatic heterocycles. The van der Waals surface area contributed by atoms with E-state index in [2.05, 4.69) is 10.0 Å². The fourth-order valence-electron chi connectivity index (χ4n) is 1.18. The highest BCUT2D eigenvalue weighted by Crippen LogP contribution is 2.04. The molecule has 0 spiro atoms. The molecule has 17 heavy (non-hydrogen) atoms. The second kappa shape index (κ2) is 8.02. The summed E-state index contributed by atoms with van der Waals surface area (Å²) in [5.74, 6) is 0.292. The van der Waals surface area contributed by atoms with Gasteiger partial charge in [-0.15, -0.1) is 0 Å². The Bertz CT molecular complexity index is 291. The summed E-state index contributed by atoms with van der Waals surface area (Å²) >= 11 is 0. The van der Waals surface area contributed by atoms with E-state index in [-0.39, 0.29) is 6.04 Å². The van der Waals surface area contributed by atoms with Crippen LogP contribution in [-0.2, 0) is 10.2 Å². The van der Waals surface area contributed by atoms with E-state index in [0.717, 1.165) is 19.5 Å². The van der Waals surface area contributed by atoms with Gasteiger partial charge in [-0.05, 0) is 32.4 Å². The van der Waals surface area contributed by atoms with E-state index in [4.69, 9.17) is 0 Å². The molecule has 0 radical (unpaired) electrons. The van der Waals surface area contributed by atoms with Crippen molar-refractivity contribution in [3.05, 3.63) is 0 Å². The lowest BCUT2D eigenvalue weighted by Gasteiger charge is -2.23. The maximum atomic E-state index is 11.9. The lowest BCUT2D eigenvalue weighted by molar-refractivity contribution is 0.417. The molecule has 104 valence electrons. The Kier molecular flexibility index (Phi) is 7.94. The minimum absolute atomic E-state index is 0.0452. The average molecular weight is 265 g/mol. The minimum Gasteiger partial charge on any atom is -0.317 e. The normalized spacial score (nSPS) is 14.5. The summed E-state index contributed by atoms with van der Waals surface area (Å²) in [6, 6.07) is -0.0452. The van der Waals surface area contributed by atoms with Crippen LogP contribution in [0.5, 0.6) is 0 Å². The highest BCUT2D eigenvalue weighted by Gasteiger charge is 2.20. The molecule has 0 aromatic heterocycles. The number of rotatable bonds is 9. The molecule has 0 amide bonds. The molecule has 0 saturated carbocycles. The Morgan fingerprint density at radius 2 is 1.82 bits per heavy atom. The Hall–Kier alpha value is -0.170. The summed E-state index contributed by atoms with van der Waals surface area (Å²) in [5.41, 5.74) is 0. The SMILES string of the molecule is CCNCCCN(C)S(=O)(=O)NC(C)C(C)C. The van der Waals surface area contributed by atoms with E-state index >= 15 is 0 Å². The third kappa shape index (κ3) is 6.98. The maximum absolute atomic E-state index is 11.9. The van der Waals surface area contributed by atoms with Crippen molar-refractivity contribution in [3.8, 4) is 0 Å². The molecule has 0 rings (SSSR count). The van der Waals surface area contributed by atoms with E-state index in [1.165, 1.54) is 4.31 Å². The molecular weight excluding hydrogens is 238 g/mol. The first-order valence-electron chi connectivity index (χ1n) is 6.25. The largest absolute Gasteiger partial charge is 0.317 e. The molecule has 5 nitrogen and oxygen atoms in total. The Balaban J connectivity index is 4.12. The number of nitrogens with one attached hydrogen (secondary N) is 2. The van der Waals surface area contributed by atoms with Crippen LogP contribution in [-0.4, -0.2) is 45.4 Å². The standard InChI is InChI=1S/C11H27N3O2S/c1-6-12-8-7-9-14(5)17(15,16)13-11(4)10(2)3/h10-13H,6-9H2,1-5H3. The molecule has 0 heterocycles. The second-order valence-corrected chi connectivity index (χ2v) is 6.49. The third-order valence-electron chi connectivity index (χ3n) is 2.82. The number of nitrogens with zero attached hydrogens (tertiary/aromatic N) is 1. The molecule has 0 aromatic rings. The van der Waals surface area contributed by atoms with Crippen LogP contribution in [0.15, 0.2) is 0 Å². The minimum atomic E-state index is -3.34. The Morgan fingerprint density at radius 3 is 2.29 bits per heavy atom. The molecule has 0 aliphatic rings. The first-order chi connectivity index (χ1) is 7.81. The zero-order valence-corrected chi connectivity index (χ0v) is 12.5. The molecule has 0 aliphatic carbocycles. The molecule has 6 heteroatoms. The van der Waals surface area contributed by atoms with Gasteiger partial charge in [-0.3, -0.25) is 0 Å². The van der Waals surface area contributed by atoms with Crippen LogP contribution < -0.4 is 10.0 Å². The van der Waals surface area contributed by atoms with Gasteiger partial charge in [0.05, 0.1) is 0 Å². The topological polar surface area (TPSA) is 61.4 Å². The van der Waals surface area contributed by atoms with Crippen molar-refractivity contribution in [2.45, 2.75) is 40.2 Å². The zero-order chi connectivity index (χ0) is 13.5. The zero-order valence-electron chi connectivity index (χ0n) is 11.7. The summed E-state index contributed by atoms with van der Waals surface area (Å²) < 4.78 is 27.9. The smallest absolute Gasteiger partial charge is 0.279 e. The molecule has 1 atom stereocenters. The summed E-state index contributed by atoms with van der Waals surface area (Å²) in [4.78, 5) is 0. The van der Waals surface area contributed by atoms with Crippen molar-refractivity contribution in [2.24, 2.45) is 5.92 Å². The van der Waals surface area contributed by atoms with E-state index in [0.29, 0.717) is 12.5 Å². The predicted octanol–water partition coefficient (Wildman–Crippen LogP) is 0.797. The maximum Gasteiger partial charge on any atom is 0.279 e. The molecule has 0 bridgehead atoms. The average Bonchev–Trinajstić information content (AvgIpc) is 2.23. The van der Waals surface area contributed by atoms with Gasteiger partial charge in [-0.2, -0.15) is 17.4 Å². The molecule has 2 N–H and O–H groups in total. The second-order valence-electron chi connectivity index (χ2n) is 4.68. The molecule has 0 aromatic carbocycles. The van der Waals surface area contributed by atoms with Crippen molar-refractivity contribution in [1.29, 1.82) is 0 Å². The highest BCUT2D eigenvalue weighted by molar-refractivity contribution is 7.87. The highest BCUT2D eigenvalue weighted by atomic mass is 32.2. The van der Waals surface area contributed by atoms with Crippen LogP contribution in [0.4, 0.5) is 0 Å². The van der Waals surface area contributed by atoms with Gasteiger partial charge in [0.1, 0.15) is 0 Å². The molecule has 0 fully saturated rings.